The Hall–Kier alpha value is -4.42. The van der Waals surface area contributed by atoms with Crippen LogP contribution in [0.4, 0.5) is 0 Å². The van der Waals surface area contributed by atoms with Crippen LogP contribution in [0.25, 0.3) is 40.8 Å². The van der Waals surface area contributed by atoms with Crippen molar-refractivity contribution in [3.8, 4) is 10.4 Å². The van der Waals surface area contributed by atoms with Crippen LogP contribution in [0.5, 0.6) is 0 Å². The van der Waals surface area contributed by atoms with Crippen molar-refractivity contribution in [2.45, 2.75) is 104 Å². The Kier molecular flexibility index (Phi) is 10.1. The van der Waals surface area contributed by atoms with Gasteiger partial charge in [0, 0.05) is 9.75 Å². The monoisotopic (exact) mass is 866 g/mol. The topological polar surface area (TPSA) is 0 Å². The van der Waals surface area contributed by atoms with Crippen LogP contribution in [-0.4, -0.2) is 0 Å². The molecule has 1 aromatic heterocycles. The van der Waals surface area contributed by atoms with E-state index >= 15 is 0 Å². The van der Waals surface area contributed by atoms with Gasteiger partial charge < -0.3 is 0 Å². The molecule has 0 bridgehead atoms. The molecule has 1 heterocycles. The summed E-state index contributed by atoms with van der Waals surface area (Å²) in [5, 5.41) is 0. The summed E-state index contributed by atoms with van der Waals surface area (Å²) < 4.78 is 0. The Morgan fingerprint density at radius 3 is 0.867 bits per heavy atom. The first-order valence-electron chi connectivity index (χ1n) is 15.9. The van der Waals surface area contributed by atoms with Crippen molar-refractivity contribution >= 4 is 41.7 Å². The minimum absolute atomic E-state index is 0. The average molecular weight is 867 g/mol. The Labute approximate surface area is 272 Å². The number of thiophene rings is 1. The molecule has 0 saturated heterocycles. The van der Waals surface area contributed by atoms with Gasteiger partial charge >= 0.3 is 0 Å². The van der Waals surface area contributed by atoms with Crippen LogP contribution >= 0.6 is 11.3 Å². The van der Waals surface area contributed by atoms with Gasteiger partial charge in [-0.2, -0.15) is 5.56 Å². The summed E-state index contributed by atoms with van der Waals surface area (Å²) in [7, 11) is 0. The van der Waals surface area contributed by atoms with E-state index in [1.54, 1.807) is 6.08 Å². The van der Waals surface area contributed by atoms with E-state index in [2.05, 4.69) is 128 Å². The van der Waals surface area contributed by atoms with Gasteiger partial charge in [-0.1, -0.05) is 49.3 Å². The van der Waals surface area contributed by atoms with Crippen LogP contribution in [0, 0.1) is 110 Å². The molecule has 0 atom stereocenters. The van der Waals surface area contributed by atoms with Gasteiger partial charge in [0.25, 0.3) is 0 Å². The van der Waals surface area contributed by atoms with Crippen LogP contribution in [0.15, 0.2) is 0 Å². The van der Waals surface area contributed by atoms with Crippen molar-refractivity contribution in [1.82, 2.24) is 0 Å². The molecule has 0 aliphatic carbocycles. The second kappa shape index (κ2) is 12.9. The van der Waals surface area contributed by atoms with Gasteiger partial charge in [-0.05, 0) is 173 Å². The molecule has 0 amide bonds. The summed E-state index contributed by atoms with van der Waals surface area (Å²) in [6.45, 7) is 39.8. The Balaban J connectivity index is 0.00000552. The third-order valence-electron chi connectivity index (χ3n) is 11.1. The number of hydrogen-bond acceptors (Lipinski definition) is 1. The van der Waals surface area contributed by atoms with Crippen molar-refractivity contribution in [2.75, 3.05) is 0 Å². The number of aryl methyl sites for hydroxylation is 1. The quantitative estimate of drug-likeness (QED) is 0.134. The fraction of sp³-hybridized carbons (Fsp3) is 0.349. The molecular formula is C43H51RfS-. The Bertz CT molecular complexity index is 1810. The van der Waals surface area contributed by atoms with Crippen molar-refractivity contribution < 1.29 is 0 Å². The van der Waals surface area contributed by atoms with Crippen molar-refractivity contribution in [1.29, 1.82) is 0 Å². The number of hydrogen-bond donors (Lipinski definition) is 0. The van der Waals surface area contributed by atoms with E-state index < -0.39 is 0 Å². The van der Waals surface area contributed by atoms with Crippen LogP contribution in [0.1, 0.15) is 111 Å². The largest absolute Gasteiger partial charge is 0.292 e. The Morgan fingerprint density at radius 1 is 0.356 bits per heavy atom. The van der Waals surface area contributed by atoms with E-state index in [0.29, 0.717) is 0 Å². The second-order valence-corrected chi connectivity index (χ2v) is 14.2. The maximum absolute atomic E-state index is 5.98. The molecule has 3 aromatic carbocycles. The molecule has 4 aromatic rings. The summed E-state index contributed by atoms with van der Waals surface area (Å²) in [5.74, 6) is 0. The third-order valence-corrected chi connectivity index (χ3v) is 12.4. The van der Waals surface area contributed by atoms with Crippen LogP contribution in [0.2, 0.25) is 0 Å². The summed E-state index contributed by atoms with van der Waals surface area (Å²) in [6.07, 6.45) is 11.1. The fourth-order valence-electron chi connectivity index (χ4n) is 6.99. The third kappa shape index (κ3) is 5.64. The van der Waals surface area contributed by atoms with E-state index in [1.165, 1.54) is 115 Å². The molecule has 0 nitrogen and oxygen atoms in total. The van der Waals surface area contributed by atoms with Gasteiger partial charge in [-0.15, -0.1) is 22.5 Å². The van der Waals surface area contributed by atoms with Gasteiger partial charge in [0.1, 0.15) is 0 Å². The Morgan fingerprint density at radius 2 is 0.622 bits per heavy atom. The van der Waals surface area contributed by atoms with Crippen LogP contribution < -0.4 is 0 Å². The van der Waals surface area contributed by atoms with Gasteiger partial charge in [0.05, 0.1) is 0 Å². The minimum Gasteiger partial charge on any atom is -0.292 e. The van der Waals surface area contributed by atoms with Gasteiger partial charge in [-0.3, -0.25) is 6.58 Å². The summed E-state index contributed by atoms with van der Waals surface area (Å²) in [5.41, 5.74) is 26.8. The molecule has 0 aliphatic rings. The molecule has 232 valence electrons. The van der Waals surface area contributed by atoms with Crippen molar-refractivity contribution in [3.05, 3.63) is 117 Å². The van der Waals surface area contributed by atoms with E-state index in [0.717, 1.165) is 5.56 Å². The zero-order valence-corrected chi connectivity index (χ0v) is 37.8. The first-order chi connectivity index (χ1) is 20.6. The molecule has 4 rings (SSSR count). The molecule has 0 radical (unpaired) electrons. The summed E-state index contributed by atoms with van der Waals surface area (Å²) >= 11 is 1.94. The van der Waals surface area contributed by atoms with Gasteiger partial charge in [-0.25, -0.2) is 6.08 Å². The average Bonchev–Trinajstić information content (AvgIpc) is 3.24. The van der Waals surface area contributed by atoms with Gasteiger partial charge in [0.2, 0.25) is 0 Å². The predicted octanol–water partition coefficient (Wildman–Crippen LogP) is 12.8. The number of rotatable bonds is 6. The SMILES string of the molecule is [CH-]=Cc1c(C)c(C)c(C=Cc2c(C)c(C)c(C=Cc3c(C)c(C)c(-c4sc(C)c(C)c4C)c(C)c3C)c(C)c2C)c(C)c1C.[Rf]. The number of benzene rings is 3. The maximum atomic E-state index is 5.98. The molecule has 0 fully saturated rings. The molecule has 45 heavy (non-hydrogen) atoms. The predicted molar refractivity (Wildman–Crippen MR) is 200 cm³/mol. The molecule has 0 spiro atoms. The maximum Gasteiger partial charge on any atom is 0.0383 e. The first-order valence-corrected chi connectivity index (χ1v) is 16.7. The second-order valence-electron chi connectivity index (χ2n) is 13.0. The molecular weight excluding hydrogens is 816 g/mol. The molecule has 0 saturated carbocycles. The van der Waals surface area contributed by atoms with Crippen molar-refractivity contribution in [3.63, 3.8) is 0 Å². The fourth-order valence-corrected chi connectivity index (χ4v) is 8.31. The van der Waals surface area contributed by atoms with E-state index in [4.69, 9.17) is 6.58 Å². The normalized spacial score (nSPS) is 11.6. The van der Waals surface area contributed by atoms with Crippen molar-refractivity contribution in [2.24, 2.45) is 0 Å². The standard InChI is InChI=1S/C43H51S.Rf/c1-17-37-23(3)25(5)38(26(6)24(37)4)18-19-39-27(7)29(9)40(30(10)28(39)8)20-21-41-31(11)33(13)42(34(14)32(41)12)43-35(15)22(2)36(16)44-43;/h1,17-21H,2-16H3;/q-1;. The van der Waals surface area contributed by atoms with E-state index in [1.807, 2.05) is 11.3 Å². The minimum atomic E-state index is 0. The molecule has 2 heteroatoms. The van der Waals surface area contributed by atoms with Crippen LogP contribution in [0.3, 0.4) is 0 Å². The molecule has 0 unspecified atom stereocenters. The summed E-state index contributed by atoms with van der Waals surface area (Å²) in [4.78, 5) is 2.85. The van der Waals surface area contributed by atoms with E-state index in [-0.39, 0.29) is 0 Å². The molecule has 0 aliphatic heterocycles. The van der Waals surface area contributed by atoms with Gasteiger partial charge in [0.15, 0.2) is 0 Å². The summed E-state index contributed by atoms with van der Waals surface area (Å²) in [6, 6.07) is 0. The first kappa shape index (κ1) is 35.1. The van der Waals surface area contributed by atoms with Crippen LogP contribution in [-0.2, 0) is 0 Å². The smallest absolute Gasteiger partial charge is 0.0383 e. The zero-order valence-electron chi connectivity index (χ0n) is 30.6. The van der Waals surface area contributed by atoms with E-state index in [9.17, 15) is 0 Å². The molecule has 0 N–H and O–H groups in total. The zero-order chi connectivity index (χ0) is 32.9.